The fraction of sp³-hybridized carbons (Fsp3) is 0.600. The van der Waals surface area contributed by atoms with Crippen molar-refractivity contribution in [1.29, 1.82) is 0 Å². The molecule has 2 saturated heterocycles. The molecular weight excluding hydrogens is 273 g/mol. The first-order valence-corrected chi connectivity index (χ1v) is 7.47. The number of aliphatic hydroxyl groups is 1. The van der Waals surface area contributed by atoms with Crippen molar-refractivity contribution in [3.63, 3.8) is 0 Å². The van der Waals surface area contributed by atoms with E-state index in [0.29, 0.717) is 32.5 Å². The van der Waals surface area contributed by atoms with E-state index in [1.807, 2.05) is 0 Å². The lowest BCUT2D eigenvalue weighted by molar-refractivity contribution is -0.151. The van der Waals surface area contributed by atoms with Crippen LogP contribution in [0.25, 0.3) is 0 Å². The van der Waals surface area contributed by atoms with Crippen molar-refractivity contribution in [2.24, 2.45) is 0 Å². The molecular formula is C15H20FN3O2. The summed E-state index contributed by atoms with van der Waals surface area (Å²) in [5.74, 6) is -0.429. The van der Waals surface area contributed by atoms with Crippen molar-refractivity contribution in [3.05, 3.63) is 24.1 Å². The van der Waals surface area contributed by atoms with E-state index < -0.39 is 11.4 Å². The van der Waals surface area contributed by atoms with Crippen LogP contribution in [-0.4, -0.2) is 52.7 Å². The van der Waals surface area contributed by atoms with Crippen LogP contribution in [0.2, 0.25) is 0 Å². The van der Waals surface area contributed by atoms with Gasteiger partial charge in [0.1, 0.15) is 0 Å². The molecule has 2 aliphatic heterocycles. The Morgan fingerprint density at radius 3 is 2.76 bits per heavy atom. The summed E-state index contributed by atoms with van der Waals surface area (Å²) in [6, 6.07) is 2.88. The summed E-state index contributed by atoms with van der Waals surface area (Å²) in [5, 5.41) is 10.7. The second kappa shape index (κ2) is 5.60. The molecule has 114 valence electrons. The number of carbonyl (C=O) groups excluding carboxylic acids is 1. The molecule has 0 saturated carbocycles. The Balaban J connectivity index is 1.78. The van der Waals surface area contributed by atoms with E-state index in [-0.39, 0.29) is 18.3 Å². The molecule has 0 radical (unpaired) electrons. The fourth-order valence-electron chi connectivity index (χ4n) is 3.22. The van der Waals surface area contributed by atoms with Crippen molar-refractivity contribution in [2.75, 3.05) is 31.1 Å². The molecule has 6 heteroatoms. The molecule has 1 N–H and O–H groups in total. The number of aromatic nitrogens is 1. The number of hydrogen-bond acceptors (Lipinski definition) is 4. The molecule has 0 aliphatic carbocycles. The number of hydrogen-bond donors (Lipinski definition) is 1. The lowest BCUT2D eigenvalue weighted by Gasteiger charge is -2.40. The van der Waals surface area contributed by atoms with Crippen molar-refractivity contribution in [3.8, 4) is 0 Å². The lowest BCUT2D eigenvalue weighted by atomic mass is 9.91. The van der Waals surface area contributed by atoms with E-state index in [1.54, 1.807) is 9.80 Å². The molecule has 0 aromatic carbocycles. The Morgan fingerprint density at radius 1 is 1.29 bits per heavy atom. The Labute approximate surface area is 123 Å². The highest BCUT2D eigenvalue weighted by Crippen LogP contribution is 2.28. The molecule has 0 unspecified atom stereocenters. The Bertz CT molecular complexity index is 533. The predicted molar refractivity (Wildman–Crippen MR) is 76.4 cm³/mol. The number of piperidine rings is 1. The van der Waals surface area contributed by atoms with Crippen LogP contribution in [0.5, 0.6) is 0 Å². The van der Waals surface area contributed by atoms with E-state index in [9.17, 15) is 14.3 Å². The van der Waals surface area contributed by atoms with E-state index in [4.69, 9.17) is 0 Å². The normalized spacial score (nSPS) is 26.2. The molecule has 0 spiro atoms. The van der Waals surface area contributed by atoms with Crippen LogP contribution >= 0.6 is 0 Å². The standard InChI is InChI=1S/C15H20FN3O2/c16-12-5-3-7-17-13(12)19-10-4-6-15(21,11-19)14(20)18-8-1-2-9-18/h3,5,7,21H,1-2,4,6,8-11H2/t15-/m1/s1. The van der Waals surface area contributed by atoms with Crippen LogP contribution in [0.1, 0.15) is 25.7 Å². The zero-order valence-electron chi connectivity index (χ0n) is 12.0. The van der Waals surface area contributed by atoms with Crippen LogP contribution in [0.15, 0.2) is 18.3 Å². The number of pyridine rings is 1. The maximum Gasteiger partial charge on any atom is 0.256 e. The molecule has 5 nitrogen and oxygen atoms in total. The Morgan fingerprint density at radius 2 is 2.05 bits per heavy atom. The quantitative estimate of drug-likeness (QED) is 0.889. The van der Waals surface area contributed by atoms with Gasteiger partial charge in [-0.2, -0.15) is 0 Å². The summed E-state index contributed by atoms with van der Waals surface area (Å²) in [5.41, 5.74) is -1.42. The van der Waals surface area contributed by atoms with Crippen LogP contribution in [0.4, 0.5) is 10.2 Å². The minimum atomic E-state index is -1.42. The van der Waals surface area contributed by atoms with E-state index in [1.165, 1.54) is 18.3 Å². The highest BCUT2D eigenvalue weighted by atomic mass is 19.1. The van der Waals surface area contributed by atoms with Gasteiger partial charge in [0.15, 0.2) is 17.2 Å². The second-order valence-electron chi connectivity index (χ2n) is 5.86. The molecule has 3 rings (SSSR count). The van der Waals surface area contributed by atoms with Crippen molar-refractivity contribution >= 4 is 11.7 Å². The Hall–Kier alpha value is -1.69. The third kappa shape index (κ3) is 2.72. The zero-order valence-corrected chi connectivity index (χ0v) is 12.0. The summed E-state index contributed by atoms with van der Waals surface area (Å²) in [7, 11) is 0. The largest absolute Gasteiger partial charge is 0.378 e. The van der Waals surface area contributed by atoms with Crippen molar-refractivity contribution in [1.82, 2.24) is 9.88 Å². The number of amides is 1. The number of nitrogens with zero attached hydrogens (tertiary/aromatic N) is 3. The molecule has 21 heavy (non-hydrogen) atoms. The highest BCUT2D eigenvalue weighted by Gasteiger charge is 2.43. The summed E-state index contributed by atoms with van der Waals surface area (Å²) in [6.45, 7) is 2.12. The summed E-state index contributed by atoms with van der Waals surface area (Å²) in [4.78, 5) is 20.0. The van der Waals surface area contributed by atoms with Crippen molar-refractivity contribution < 1.29 is 14.3 Å². The third-order valence-electron chi connectivity index (χ3n) is 4.30. The van der Waals surface area contributed by atoms with Gasteiger partial charge in [-0.25, -0.2) is 9.37 Å². The topological polar surface area (TPSA) is 56.7 Å². The molecule has 3 heterocycles. The predicted octanol–water partition coefficient (Wildman–Crippen LogP) is 1.17. The fourth-order valence-corrected chi connectivity index (χ4v) is 3.22. The van der Waals surface area contributed by atoms with Gasteiger partial charge in [0.25, 0.3) is 5.91 Å². The van der Waals surface area contributed by atoms with Gasteiger partial charge in [-0.1, -0.05) is 0 Å². The summed E-state index contributed by atoms with van der Waals surface area (Å²) < 4.78 is 13.8. The van der Waals surface area contributed by atoms with Crippen LogP contribution in [0, 0.1) is 5.82 Å². The Kier molecular flexibility index (Phi) is 3.80. The number of rotatable bonds is 2. The second-order valence-corrected chi connectivity index (χ2v) is 5.86. The van der Waals surface area contributed by atoms with Gasteiger partial charge in [-0.3, -0.25) is 4.79 Å². The maximum atomic E-state index is 13.8. The van der Waals surface area contributed by atoms with Gasteiger partial charge in [0.05, 0.1) is 6.54 Å². The van der Waals surface area contributed by atoms with Gasteiger partial charge in [0.2, 0.25) is 0 Å². The number of likely N-dealkylation sites (tertiary alicyclic amines) is 1. The summed E-state index contributed by atoms with van der Waals surface area (Å²) >= 11 is 0. The first kappa shape index (κ1) is 14.3. The van der Waals surface area contributed by atoms with E-state index in [2.05, 4.69) is 4.98 Å². The van der Waals surface area contributed by atoms with E-state index >= 15 is 0 Å². The molecule has 2 aliphatic rings. The molecule has 1 aromatic rings. The van der Waals surface area contributed by atoms with Gasteiger partial charge in [-0.05, 0) is 37.8 Å². The molecule has 2 fully saturated rings. The summed E-state index contributed by atoms with van der Waals surface area (Å²) in [6.07, 6.45) is 4.56. The lowest BCUT2D eigenvalue weighted by Crippen LogP contribution is -2.58. The van der Waals surface area contributed by atoms with E-state index in [0.717, 1.165) is 12.8 Å². The monoisotopic (exact) mass is 293 g/mol. The van der Waals surface area contributed by atoms with Gasteiger partial charge < -0.3 is 14.9 Å². The van der Waals surface area contributed by atoms with Gasteiger partial charge >= 0.3 is 0 Å². The van der Waals surface area contributed by atoms with Gasteiger partial charge in [-0.15, -0.1) is 0 Å². The average Bonchev–Trinajstić information content (AvgIpc) is 3.01. The molecule has 1 aromatic heterocycles. The molecule has 1 atom stereocenters. The third-order valence-corrected chi connectivity index (χ3v) is 4.30. The number of carbonyl (C=O) groups is 1. The number of β-amino-alcohol motifs (C(OH)–C–C–N with tert-alkyl or cyclic N) is 1. The first-order chi connectivity index (χ1) is 10.1. The minimum absolute atomic E-state index is 0.107. The number of anilines is 1. The van der Waals surface area contributed by atoms with Crippen LogP contribution < -0.4 is 4.90 Å². The maximum absolute atomic E-state index is 13.8. The van der Waals surface area contributed by atoms with Crippen molar-refractivity contribution in [2.45, 2.75) is 31.3 Å². The van der Waals surface area contributed by atoms with Crippen LogP contribution in [0.3, 0.4) is 0 Å². The smallest absolute Gasteiger partial charge is 0.256 e. The average molecular weight is 293 g/mol. The minimum Gasteiger partial charge on any atom is -0.378 e. The number of halogens is 1. The first-order valence-electron chi connectivity index (χ1n) is 7.47. The van der Waals surface area contributed by atoms with Crippen LogP contribution in [-0.2, 0) is 4.79 Å². The molecule has 0 bridgehead atoms. The molecule has 1 amide bonds. The highest BCUT2D eigenvalue weighted by molar-refractivity contribution is 5.86. The zero-order chi connectivity index (χ0) is 14.9. The van der Waals surface area contributed by atoms with Gasteiger partial charge in [0, 0.05) is 25.8 Å². The SMILES string of the molecule is O=C(N1CCCC1)[C@@]1(O)CCCN(c2ncccc2F)C1.